The van der Waals surface area contributed by atoms with Crippen molar-refractivity contribution >= 4 is 5.91 Å². The van der Waals surface area contributed by atoms with Gasteiger partial charge >= 0.3 is 0 Å². The Labute approximate surface area is 387 Å². The van der Waals surface area contributed by atoms with Crippen molar-refractivity contribution in [2.24, 2.45) is 0 Å². The van der Waals surface area contributed by atoms with Crippen molar-refractivity contribution in [3.8, 4) is 0 Å². The maximum absolute atomic E-state index is 12.6. The Kier molecular flexibility index (Phi) is 50.3. The molecule has 5 N–H and O–H groups in total. The summed E-state index contributed by atoms with van der Waals surface area (Å²) in [5.74, 6) is -0.578. The van der Waals surface area contributed by atoms with Crippen LogP contribution in [0.3, 0.4) is 0 Å². The molecule has 0 heterocycles. The molecule has 0 aromatic carbocycles. The van der Waals surface area contributed by atoms with Crippen LogP contribution in [0, 0.1) is 0 Å². The number of rotatable bonds is 52. The van der Waals surface area contributed by atoms with Crippen LogP contribution in [0.2, 0.25) is 0 Å². The molecule has 0 rings (SSSR count). The fraction of sp³-hybridized carbons (Fsp3) is 0.946. The summed E-state index contributed by atoms with van der Waals surface area (Å²) in [6.07, 6.45) is 59.9. The van der Waals surface area contributed by atoms with Crippen LogP contribution in [0.5, 0.6) is 0 Å². The van der Waals surface area contributed by atoms with Crippen molar-refractivity contribution in [1.82, 2.24) is 5.32 Å². The second-order valence-corrected chi connectivity index (χ2v) is 19.6. The number of nitrogens with one attached hydrogen (secondary N) is 1. The van der Waals surface area contributed by atoms with E-state index in [4.69, 9.17) is 0 Å². The van der Waals surface area contributed by atoms with Gasteiger partial charge in [-0.3, -0.25) is 4.79 Å². The van der Waals surface area contributed by atoms with Gasteiger partial charge in [0.25, 0.3) is 0 Å². The van der Waals surface area contributed by atoms with Crippen LogP contribution in [0.15, 0.2) is 12.2 Å². The van der Waals surface area contributed by atoms with E-state index in [0.717, 1.165) is 38.5 Å². The molecule has 0 saturated heterocycles. The summed E-state index contributed by atoms with van der Waals surface area (Å²) in [6.45, 7) is 4.09. The van der Waals surface area contributed by atoms with Gasteiger partial charge in [0.2, 0.25) is 5.91 Å². The molecule has 0 fully saturated rings. The summed E-state index contributed by atoms with van der Waals surface area (Å²) >= 11 is 0. The minimum atomic E-state index is -1.26. The highest BCUT2D eigenvalue weighted by atomic mass is 16.3. The van der Waals surface area contributed by atoms with Gasteiger partial charge in [-0.2, -0.15) is 0 Å². The number of amides is 1. The molecule has 0 bridgehead atoms. The molecule has 370 valence electrons. The van der Waals surface area contributed by atoms with Gasteiger partial charge in [0, 0.05) is 0 Å². The lowest BCUT2D eigenvalue weighted by atomic mass is 9.99. The molecule has 6 heteroatoms. The molecule has 0 aromatic rings. The predicted octanol–water partition coefficient (Wildman–Crippen LogP) is 16.1. The van der Waals surface area contributed by atoms with E-state index in [0.29, 0.717) is 12.8 Å². The first-order chi connectivity index (χ1) is 30.5. The number of hydrogen-bond donors (Lipinski definition) is 5. The van der Waals surface area contributed by atoms with E-state index in [1.54, 1.807) is 0 Å². The normalized spacial score (nSPS) is 13.8. The third kappa shape index (κ3) is 44.3. The summed E-state index contributed by atoms with van der Waals surface area (Å²) < 4.78 is 0. The fourth-order valence-electron chi connectivity index (χ4n) is 9.05. The van der Waals surface area contributed by atoms with Gasteiger partial charge in [0.1, 0.15) is 12.2 Å². The van der Waals surface area contributed by atoms with Crippen LogP contribution in [0.1, 0.15) is 309 Å². The Bertz CT molecular complexity index is 898. The van der Waals surface area contributed by atoms with Gasteiger partial charge in [-0.15, -0.1) is 0 Å². The SMILES string of the molecule is CCCCCCCCCCCCCC/C=C\CCCCCCCCCCCCCCCCC(O)C(=O)NC(CO)C(O)C(O)CCCCCCCCCCCCCCCCCC. The molecule has 0 aromatic heterocycles. The highest BCUT2D eigenvalue weighted by Crippen LogP contribution is 2.18. The lowest BCUT2D eigenvalue weighted by Gasteiger charge is -2.27. The van der Waals surface area contributed by atoms with E-state index in [1.165, 1.54) is 244 Å². The van der Waals surface area contributed by atoms with Crippen LogP contribution >= 0.6 is 0 Å². The van der Waals surface area contributed by atoms with Gasteiger partial charge < -0.3 is 25.7 Å². The zero-order valence-electron chi connectivity index (χ0n) is 41.9. The summed E-state index contributed by atoms with van der Waals surface area (Å²) in [6, 6.07) is -0.982. The van der Waals surface area contributed by atoms with Crippen molar-refractivity contribution in [3.05, 3.63) is 12.2 Å². The topological polar surface area (TPSA) is 110 Å². The van der Waals surface area contributed by atoms with E-state index >= 15 is 0 Å². The fourth-order valence-corrected chi connectivity index (χ4v) is 9.05. The molecular weight excluding hydrogens is 767 g/mol. The Balaban J connectivity index is 3.57. The summed E-state index contributed by atoms with van der Waals surface area (Å²) in [7, 11) is 0. The Morgan fingerprint density at radius 1 is 0.387 bits per heavy atom. The van der Waals surface area contributed by atoms with Crippen molar-refractivity contribution in [3.63, 3.8) is 0 Å². The zero-order valence-corrected chi connectivity index (χ0v) is 41.9. The number of carbonyl (C=O) groups is 1. The van der Waals surface area contributed by atoms with E-state index in [-0.39, 0.29) is 0 Å². The van der Waals surface area contributed by atoms with Gasteiger partial charge in [0.15, 0.2) is 0 Å². The molecular formula is C56H111NO5. The smallest absolute Gasteiger partial charge is 0.249 e. The van der Waals surface area contributed by atoms with Crippen molar-refractivity contribution in [2.75, 3.05) is 6.61 Å². The van der Waals surface area contributed by atoms with Crippen LogP contribution in [-0.2, 0) is 4.79 Å². The van der Waals surface area contributed by atoms with Crippen molar-refractivity contribution < 1.29 is 25.2 Å². The van der Waals surface area contributed by atoms with Gasteiger partial charge in [-0.05, 0) is 38.5 Å². The molecule has 1 amide bonds. The third-order valence-corrected chi connectivity index (χ3v) is 13.5. The predicted molar refractivity (Wildman–Crippen MR) is 270 cm³/mol. The number of aliphatic hydroxyl groups is 4. The highest BCUT2D eigenvalue weighted by molar-refractivity contribution is 5.80. The first kappa shape index (κ1) is 61.0. The molecule has 0 aliphatic heterocycles. The molecule has 0 radical (unpaired) electrons. The van der Waals surface area contributed by atoms with Crippen LogP contribution in [0.4, 0.5) is 0 Å². The largest absolute Gasteiger partial charge is 0.394 e. The average Bonchev–Trinajstić information content (AvgIpc) is 3.28. The van der Waals surface area contributed by atoms with E-state index < -0.39 is 36.9 Å². The standard InChI is InChI=1S/C56H111NO5/c1-3-5-7-9-11-13-15-17-19-21-22-23-24-25-26-27-28-29-30-31-32-33-34-36-38-40-42-44-46-48-50-54(60)56(62)57-52(51-58)55(61)53(59)49-47-45-43-41-39-37-35-20-18-16-14-12-10-8-6-4-2/h25-26,52-55,58-61H,3-24,27-51H2,1-2H3,(H,57,62)/b26-25-. The minimum Gasteiger partial charge on any atom is -0.394 e. The van der Waals surface area contributed by atoms with Gasteiger partial charge in [0.05, 0.1) is 18.8 Å². The quantitative estimate of drug-likeness (QED) is 0.0309. The molecule has 62 heavy (non-hydrogen) atoms. The highest BCUT2D eigenvalue weighted by Gasteiger charge is 2.28. The molecule has 4 atom stereocenters. The van der Waals surface area contributed by atoms with Crippen molar-refractivity contribution in [2.45, 2.75) is 334 Å². The molecule has 6 nitrogen and oxygen atoms in total. The van der Waals surface area contributed by atoms with Crippen molar-refractivity contribution in [1.29, 1.82) is 0 Å². The summed E-state index contributed by atoms with van der Waals surface area (Å²) in [5.41, 5.74) is 0. The van der Waals surface area contributed by atoms with Crippen LogP contribution in [-0.4, -0.2) is 57.3 Å². The summed E-state index contributed by atoms with van der Waals surface area (Å²) in [4.78, 5) is 12.6. The Morgan fingerprint density at radius 2 is 0.645 bits per heavy atom. The number of unbranched alkanes of at least 4 members (excludes halogenated alkanes) is 41. The lowest BCUT2D eigenvalue weighted by molar-refractivity contribution is -0.132. The monoisotopic (exact) mass is 878 g/mol. The number of hydrogen-bond acceptors (Lipinski definition) is 5. The van der Waals surface area contributed by atoms with Gasteiger partial charge in [-0.25, -0.2) is 0 Å². The van der Waals surface area contributed by atoms with E-state index in [2.05, 4.69) is 31.3 Å². The van der Waals surface area contributed by atoms with Crippen LogP contribution < -0.4 is 5.32 Å². The third-order valence-electron chi connectivity index (χ3n) is 13.5. The first-order valence-corrected chi connectivity index (χ1v) is 28.1. The maximum Gasteiger partial charge on any atom is 0.249 e. The Hall–Kier alpha value is -0.950. The number of aliphatic hydroxyl groups excluding tert-OH is 4. The maximum atomic E-state index is 12.6. The minimum absolute atomic E-state index is 0.373. The lowest BCUT2D eigenvalue weighted by Crippen LogP contribution is -2.53. The molecule has 0 spiro atoms. The molecule has 4 unspecified atom stereocenters. The van der Waals surface area contributed by atoms with E-state index in [9.17, 15) is 25.2 Å². The number of carbonyl (C=O) groups excluding carboxylic acids is 1. The van der Waals surface area contributed by atoms with Gasteiger partial charge in [-0.1, -0.05) is 283 Å². The second-order valence-electron chi connectivity index (χ2n) is 19.6. The molecule has 0 saturated carbocycles. The average molecular weight is 879 g/mol. The zero-order chi connectivity index (χ0) is 45.2. The first-order valence-electron chi connectivity index (χ1n) is 28.1. The van der Waals surface area contributed by atoms with Crippen LogP contribution in [0.25, 0.3) is 0 Å². The second kappa shape index (κ2) is 51.0. The Morgan fingerprint density at radius 3 is 0.935 bits per heavy atom. The summed E-state index contributed by atoms with van der Waals surface area (Å²) in [5, 5.41) is 43.9. The number of allylic oxidation sites excluding steroid dienone is 2. The molecule has 0 aliphatic rings. The van der Waals surface area contributed by atoms with E-state index in [1.807, 2.05) is 0 Å². The molecule has 0 aliphatic carbocycles.